The average Bonchev–Trinajstić information content (AvgIpc) is 1.97. The highest BCUT2D eigenvalue weighted by atomic mass is 127. The van der Waals surface area contributed by atoms with Gasteiger partial charge in [0.1, 0.15) is 0 Å². The first-order valence-electron chi connectivity index (χ1n) is 6.16. The summed E-state index contributed by atoms with van der Waals surface area (Å²) in [5.41, 5.74) is -0.452. The third-order valence-electron chi connectivity index (χ3n) is 3.06. The highest BCUT2D eigenvalue weighted by Gasteiger charge is 2.38. The minimum Gasteiger partial charge on any atom is -0.372 e. The molecule has 1 atom stereocenters. The van der Waals surface area contributed by atoms with Crippen molar-refractivity contribution in [2.24, 2.45) is 10.8 Å². The number of carbonyl (C=O) groups is 1. The molecule has 0 aliphatic rings. The van der Waals surface area contributed by atoms with E-state index in [2.05, 4.69) is 41.5 Å². The molecule has 2 nitrogen and oxygen atoms in total. The first-order chi connectivity index (χ1) is 7.28. The Hall–Kier alpha value is 0.360. The topological polar surface area (TPSA) is 26.3 Å². The summed E-state index contributed by atoms with van der Waals surface area (Å²) in [5, 5.41) is 0. The SMILES string of the molecule is CC(OC(C)(C)C)C(C)(C)CC(C)(C)C(=O)I. The molecule has 1 unspecified atom stereocenters. The van der Waals surface area contributed by atoms with Gasteiger partial charge in [-0.15, -0.1) is 0 Å². The zero-order valence-electron chi connectivity index (χ0n) is 12.5. The summed E-state index contributed by atoms with van der Waals surface area (Å²) in [6, 6.07) is 0. The minimum absolute atomic E-state index is 0.0163. The van der Waals surface area contributed by atoms with Crippen molar-refractivity contribution in [1.82, 2.24) is 0 Å². The Morgan fingerprint density at radius 2 is 1.53 bits per heavy atom. The number of halogens is 1. The van der Waals surface area contributed by atoms with E-state index in [1.165, 1.54) is 0 Å². The molecule has 0 aliphatic heterocycles. The van der Waals surface area contributed by atoms with Crippen molar-refractivity contribution >= 4 is 26.4 Å². The van der Waals surface area contributed by atoms with Crippen molar-refractivity contribution in [1.29, 1.82) is 0 Å². The fourth-order valence-electron chi connectivity index (χ4n) is 2.04. The van der Waals surface area contributed by atoms with Gasteiger partial charge in [0.2, 0.25) is 0 Å². The number of carbonyl (C=O) groups excluding carboxylic acids is 1. The van der Waals surface area contributed by atoms with E-state index in [-0.39, 0.29) is 26.3 Å². The average molecular weight is 354 g/mol. The van der Waals surface area contributed by atoms with Gasteiger partial charge < -0.3 is 4.74 Å². The lowest BCUT2D eigenvalue weighted by Gasteiger charge is -2.40. The molecule has 102 valence electrons. The minimum atomic E-state index is -0.292. The fourth-order valence-corrected chi connectivity index (χ4v) is 2.23. The molecule has 0 spiro atoms. The van der Waals surface area contributed by atoms with Crippen LogP contribution in [0.3, 0.4) is 0 Å². The maximum absolute atomic E-state index is 11.6. The summed E-state index contributed by atoms with van der Waals surface area (Å²) >= 11 is 1.90. The molecule has 0 aliphatic carbocycles. The van der Waals surface area contributed by atoms with Gasteiger partial charge in [-0.2, -0.15) is 0 Å². The van der Waals surface area contributed by atoms with Crippen LogP contribution in [0.4, 0.5) is 0 Å². The normalized spacial score (nSPS) is 15.8. The van der Waals surface area contributed by atoms with Gasteiger partial charge in [0.15, 0.2) is 3.79 Å². The second-order valence-electron chi connectivity index (χ2n) is 7.20. The molecule has 3 heteroatoms. The van der Waals surface area contributed by atoms with Crippen LogP contribution in [-0.4, -0.2) is 15.5 Å². The maximum Gasteiger partial charge on any atom is 0.197 e. The Balaban J connectivity index is 4.73. The third kappa shape index (κ3) is 6.18. The Morgan fingerprint density at radius 3 is 1.82 bits per heavy atom. The van der Waals surface area contributed by atoms with Gasteiger partial charge in [-0.05, 0) is 39.5 Å². The van der Waals surface area contributed by atoms with Crippen LogP contribution in [-0.2, 0) is 9.53 Å². The van der Waals surface area contributed by atoms with Crippen LogP contribution in [0.2, 0.25) is 0 Å². The van der Waals surface area contributed by atoms with Gasteiger partial charge in [0, 0.05) is 28.0 Å². The lowest BCUT2D eigenvalue weighted by molar-refractivity contribution is -0.125. The quantitative estimate of drug-likeness (QED) is 0.533. The van der Waals surface area contributed by atoms with Crippen LogP contribution in [0.25, 0.3) is 0 Å². The third-order valence-corrected chi connectivity index (χ3v) is 4.52. The van der Waals surface area contributed by atoms with Crippen molar-refractivity contribution in [2.75, 3.05) is 0 Å². The fraction of sp³-hybridized carbons (Fsp3) is 0.929. The Bertz CT molecular complexity index is 274. The highest BCUT2D eigenvalue weighted by molar-refractivity contribution is 14.1. The molecule has 0 aromatic heterocycles. The molecular weight excluding hydrogens is 327 g/mol. The molecule has 0 saturated heterocycles. The Morgan fingerprint density at radius 1 is 1.12 bits per heavy atom. The zero-order valence-corrected chi connectivity index (χ0v) is 14.6. The molecule has 0 heterocycles. The molecule has 0 radical (unpaired) electrons. The predicted octanol–water partition coefficient (Wildman–Crippen LogP) is 4.59. The van der Waals surface area contributed by atoms with Gasteiger partial charge in [0.25, 0.3) is 0 Å². The molecule has 0 fully saturated rings. The first-order valence-corrected chi connectivity index (χ1v) is 7.23. The van der Waals surface area contributed by atoms with Crippen LogP contribution in [0.15, 0.2) is 0 Å². The lowest BCUT2D eigenvalue weighted by atomic mass is 9.73. The van der Waals surface area contributed by atoms with Gasteiger partial charge >= 0.3 is 0 Å². The van der Waals surface area contributed by atoms with E-state index in [1.807, 2.05) is 36.4 Å². The first kappa shape index (κ1) is 17.4. The van der Waals surface area contributed by atoms with Crippen LogP contribution >= 0.6 is 22.6 Å². The largest absolute Gasteiger partial charge is 0.372 e. The molecule has 0 saturated carbocycles. The van der Waals surface area contributed by atoms with Crippen molar-refractivity contribution < 1.29 is 9.53 Å². The number of rotatable bonds is 5. The van der Waals surface area contributed by atoms with E-state index >= 15 is 0 Å². The van der Waals surface area contributed by atoms with E-state index in [4.69, 9.17) is 4.74 Å². The van der Waals surface area contributed by atoms with Gasteiger partial charge in [0.05, 0.1) is 11.7 Å². The number of hydrogen-bond acceptors (Lipinski definition) is 2. The second-order valence-corrected chi connectivity index (χ2v) is 8.18. The second kappa shape index (κ2) is 5.55. The molecule has 0 aromatic rings. The summed E-state index contributed by atoms with van der Waals surface area (Å²) in [6.07, 6.45) is 0.955. The van der Waals surface area contributed by atoms with Crippen LogP contribution < -0.4 is 0 Å². The van der Waals surface area contributed by atoms with Crippen molar-refractivity contribution in [3.05, 3.63) is 0 Å². The van der Waals surface area contributed by atoms with E-state index < -0.39 is 0 Å². The monoisotopic (exact) mass is 354 g/mol. The standard InChI is InChI=1S/C14H27IO2/c1-10(17-12(2,3)4)13(5,6)9-14(7,8)11(15)16/h10H,9H2,1-8H3. The van der Waals surface area contributed by atoms with Gasteiger partial charge in [-0.3, -0.25) is 4.79 Å². The van der Waals surface area contributed by atoms with Crippen molar-refractivity contribution in [2.45, 2.75) is 73.5 Å². The van der Waals surface area contributed by atoms with Crippen molar-refractivity contribution in [3.8, 4) is 0 Å². The van der Waals surface area contributed by atoms with E-state index in [0.29, 0.717) is 0 Å². The van der Waals surface area contributed by atoms with Crippen LogP contribution in [0, 0.1) is 10.8 Å². The van der Waals surface area contributed by atoms with Crippen LogP contribution in [0.5, 0.6) is 0 Å². The van der Waals surface area contributed by atoms with Crippen LogP contribution in [0.1, 0.15) is 61.8 Å². The molecule has 0 bridgehead atoms. The lowest BCUT2D eigenvalue weighted by Crippen LogP contribution is -2.40. The summed E-state index contributed by atoms with van der Waals surface area (Å²) in [6.45, 7) is 16.6. The van der Waals surface area contributed by atoms with E-state index in [9.17, 15) is 4.79 Å². The molecule has 17 heavy (non-hydrogen) atoms. The highest BCUT2D eigenvalue weighted by Crippen LogP contribution is 2.40. The number of hydrogen-bond donors (Lipinski definition) is 0. The molecular formula is C14H27IO2. The Labute approximate surface area is 120 Å². The molecule has 0 aromatic carbocycles. The molecule has 0 rings (SSSR count). The molecule has 0 N–H and O–H groups in total. The maximum atomic E-state index is 11.6. The van der Waals surface area contributed by atoms with Crippen molar-refractivity contribution in [3.63, 3.8) is 0 Å². The van der Waals surface area contributed by atoms with E-state index in [0.717, 1.165) is 6.42 Å². The Kier molecular flexibility index (Phi) is 5.67. The summed E-state index contributed by atoms with van der Waals surface area (Å²) in [4.78, 5) is 11.6. The van der Waals surface area contributed by atoms with Gasteiger partial charge in [-0.1, -0.05) is 27.7 Å². The van der Waals surface area contributed by atoms with Gasteiger partial charge in [-0.25, -0.2) is 0 Å². The van der Waals surface area contributed by atoms with E-state index in [1.54, 1.807) is 0 Å². The summed E-state index contributed by atoms with van der Waals surface area (Å²) in [7, 11) is 0. The summed E-state index contributed by atoms with van der Waals surface area (Å²) in [5.74, 6) is 0. The predicted molar refractivity (Wildman–Crippen MR) is 81.5 cm³/mol. The number of ether oxygens (including phenoxy) is 1. The smallest absolute Gasteiger partial charge is 0.197 e. The molecule has 0 amide bonds. The summed E-state index contributed by atoms with van der Waals surface area (Å²) < 4.78 is 6.23. The zero-order chi connectivity index (χ0) is 14.1.